The predicted octanol–water partition coefficient (Wildman–Crippen LogP) is 4.41. The highest BCUT2D eigenvalue weighted by atomic mass is 16.3. The van der Waals surface area contributed by atoms with E-state index in [-0.39, 0.29) is 0 Å². The first-order valence-corrected chi connectivity index (χ1v) is 9.84. The number of unbranched alkanes of at least 4 members (excludes halogenated alkanes) is 13. The van der Waals surface area contributed by atoms with Crippen LogP contribution in [0.4, 0.5) is 0 Å². The lowest BCUT2D eigenvalue weighted by atomic mass is 10.1. The van der Waals surface area contributed by atoms with Crippen LogP contribution in [-0.4, -0.2) is 36.5 Å². The first-order chi connectivity index (χ1) is 10.9. The van der Waals surface area contributed by atoms with Gasteiger partial charge in [0.25, 0.3) is 0 Å². The van der Waals surface area contributed by atoms with Crippen molar-refractivity contribution in [3.63, 3.8) is 0 Å². The molecule has 0 aliphatic heterocycles. The molecule has 134 valence electrons. The zero-order valence-electron chi connectivity index (χ0n) is 14.8. The number of aliphatic hydroxyl groups excluding tert-OH is 2. The van der Waals surface area contributed by atoms with Gasteiger partial charge in [-0.15, -0.1) is 0 Å². The molecule has 0 aliphatic carbocycles. The number of hydrogen-bond acceptors (Lipinski definition) is 3. The monoisotopic (exact) mass is 315 g/mol. The Hall–Kier alpha value is -0.120. The van der Waals surface area contributed by atoms with E-state index in [1.54, 1.807) is 0 Å². The van der Waals surface area contributed by atoms with Gasteiger partial charge in [0.1, 0.15) is 0 Å². The minimum Gasteiger partial charge on any atom is -0.396 e. The van der Waals surface area contributed by atoms with E-state index in [1.165, 1.54) is 77.0 Å². The minimum atomic E-state index is 0.337. The lowest BCUT2D eigenvalue weighted by molar-refractivity contribution is 0.282. The van der Waals surface area contributed by atoms with Crippen LogP contribution in [0, 0.1) is 0 Å². The van der Waals surface area contributed by atoms with E-state index >= 15 is 0 Å². The highest BCUT2D eigenvalue weighted by Gasteiger charge is 1.94. The van der Waals surface area contributed by atoms with E-state index in [1.807, 2.05) is 0 Å². The van der Waals surface area contributed by atoms with Gasteiger partial charge >= 0.3 is 0 Å². The van der Waals surface area contributed by atoms with Gasteiger partial charge in [-0.1, -0.05) is 64.2 Å². The minimum absolute atomic E-state index is 0.337. The van der Waals surface area contributed by atoms with Gasteiger partial charge in [-0.25, -0.2) is 0 Å². The molecule has 3 N–H and O–H groups in total. The van der Waals surface area contributed by atoms with Crippen LogP contribution >= 0.6 is 0 Å². The molecule has 3 nitrogen and oxygen atoms in total. The second-order valence-electron chi connectivity index (χ2n) is 6.50. The van der Waals surface area contributed by atoms with Gasteiger partial charge < -0.3 is 15.5 Å². The highest BCUT2D eigenvalue weighted by molar-refractivity contribution is 4.52. The fourth-order valence-electron chi connectivity index (χ4n) is 2.79. The fourth-order valence-corrected chi connectivity index (χ4v) is 2.79. The molecule has 0 aromatic carbocycles. The molecule has 0 saturated heterocycles. The summed E-state index contributed by atoms with van der Waals surface area (Å²) in [5, 5.41) is 20.8. The van der Waals surface area contributed by atoms with Crippen molar-refractivity contribution in [2.24, 2.45) is 0 Å². The SMILES string of the molecule is OCCCCCCCCCCCCCCNCCCCCO. The van der Waals surface area contributed by atoms with E-state index < -0.39 is 0 Å². The molecule has 0 radical (unpaired) electrons. The second-order valence-corrected chi connectivity index (χ2v) is 6.50. The maximum absolute atomic E-state index is 8.69. The molecule has 0 saturated carbocycles. The van der Waals surface area contributed by atoms with Gasteiger partial charge in [0, 0.05) is 13.2 Å². The van der Waals surface area contributed by atoms with Crippen LogP contribution in [0.2, 0.25) is 0 Å². The summed E-state index contributed by atoms with van der Waals surface area (Å²) in [7, 11) is 0. The van der Waals surface area contributed by atoms with E-state index in [2.05, 4.69) is 5.32 Å². The highest BCUT2D eigenvalue weighted by Crippen LogP contribution is 2.11. The molecular weight excluding hydrogens is 274 g/mol. The Morgan fingerprint density at radius 2 is 0.636 bits per heavy atom. The molecule has 0 bridgehead atoms. The number of nitrogens with one attached hydrogen (secondary N) is 1. The molecule has 0 rings (SSSR count). The average Bonchev–Trinajstić information content (AvgIpc) is 2.54. The standard InChI is InChI=1S/C19H41NO2/c21-18-14-10-8-6-4-2-1-3-5-7-9-12-16-20-17-13-11-15-19-22/h20-22H,1-19H2. The van der Waals surface area contributed by atoms with Crippen molar-refractivity contribution in [1.29, 1.82) is 0 Å². The maximum atomic E-state index is 8.69. The third-order valence-electron chi connectivity index (χ3n) is 4.27. The van der Waals surface area contributed by atoms with Crippen molar-refractivity contribution in [3.05, 3.63) is 0 Å². The van der Waals surface area contributed by atoms with Crippen LogP contribution < -0.4 is 5.32 Å². The molecule has 0 spiro atoms. The maximum Gasteiger partial charge on any atom is 0.0431 e. The zero-order chi connectivity index (χ0) is 16.1. The van der Waals surface area contributed by atoms with E-state index in [0.717, 1.165) is 32.4 Å². The number of aliphatic hydroxyl groups is 2. The first-order valence-electron chi connectivity index (χ1n) is 9.84. The molecule has 0 aliphatic rings. The van der Waals surface area contributed by atoms with Crippen LogP contribution in [0.1, 0.15) is 96.3 Å². The summed E-state index contributed by atoms with van der Waals surface area (Å²) >= 11 is 0. The third kappa shape index (κ3) is 19.9. The predicted molar refractivity (Wildman–Crippen MR) is 96.3 cm³/mol. The van der Waals surface area contributed by atoms with E-state index in [9.17, 15) is 0 Å². The van der Waals surface area contributed by atoms with E-state index in [0.29, 0.717) is 13.2 Å². The summed E-state index contributed by atoms with van der Waals surface area (Å²) < 4.78 is 0. The molecule has 0 aromatic heterocycles. The topological polar surface area (TPSA) is 52.5 Å². The smallest absolute Gasteiger partial charge is 0.0431 e. The molecule has 0 aromatic rings. The van der Waals surface area contributed by atoms with Gasteiger partial charge in [0.2, 0.25) is 0 Å². The number of hydrogen-bond donors (Lipinski definition) is 3. The van der Waals surface area contributed by atoms with Crippen LogP contribution in [-0.2, 0) is 0 Å². The largest absolute Gasteiger partial charge is 0.396 e. The van der Waals surface area contributed by atoms with Crippen molar-refractivity contribution < 1.29 is 10.2 Å². The van der Waals surface area contributed by atoms with Crippen molar-refractivity contribution in [2.45, 2.75) is 96.3 Å². The quantitative estimate of drug-likeness (QED) is 0.309. The Morgan fingerprint density at radius 3 is 1.00 bits per heavy atom. The summed E-state index contributed by atoms with van der Waals surface area (Å²) in [4.78, 5) is 0. The molecule has 3 heteroatoms. The van der Waals surface area contributed by atoms with Crippen LogP contribution in [0.3, 0.4) is 0 Å². The van der Waals surface area contributed by atoms with Gasteiger partial charge in [0.15, 0.2) is 0 Å². The van der Waals surface area contributed by atoms with Crippen molar-refractivity contribution >= 4 is 0 Å². The van der Waals surface area contributed by atoms with E-state index in [4.69, 9.17) is 10.2 Å². The van der Waals surface area contributed by atoms with Gasteiger partial charge in [-0.05, 0) is 45.2 Å². The molecule has 0 unspecified atom stereocenters. The van der Waals surface area contributed by atoms with Gasteiger partial charge in [-0.3, -0.25) is 0 Å². The van der Waals surface area contributed by atoms with Gasteiger partial charge in [0.05, 0.1) is 0 Å². The molecule has 0 heterocycles. The molecule has 0 amide bonds. The first kappa shape index (κ1) is 21.9. The van der Waals surface area contributed by atoms with Crippen molar-refractivity contribution in [2.75, 3.05) is 26.3 Å². The molecular formula is C19H41NO2. The van der Waals surface area contributed by atoms with Gasteiger partial charge in [-0.2, -0.15) is 0 Å². The lowest BCUT2D eigenvalue weighted by Crippen LogP contribution is -2.16. The molecule has 0 fully saturated rings. The Kier molecular flexibility index (Phi) is 20.8. The van der Waals surface area contributed by atoms with Crippen molar-refractivity contribution in [3.8, 4) is 0 Å². The lowest BCUT2D eigenvalue weighted by Gasteiger charge is -2.05. The van der Waals surface area contributed by atoms with Crippen molar-refractivity contribution in [1.82, 2.24) is 5.32 Å². The summed E-state index contributed by atoms with van der Waals surface area (Å²) in [5.74, 6) is 0. The van der Waals surface area contributed by atoms with Crippen LogP contribution in [0.15, 0.2) is 0 Å². The average molecular weight is 316 g/mol. The third-order valence-corrected chi connectivity index (χ3v) is 4.27. The zero-order valence-corrected chi connectivity index (χ0v) is 14.8. The molecule has 0 atom stereocenters. The second kappa shape index (κ2) is 20.9. The Labute approximate surface area is 138 Å². The Morgan fingerprint density at radius 1 is 0.364 bits per heavy atom. The fraction of sp³-hybridized carbons (Fsp3) is 1.00. The molecule has 22 heavy (non-hydrogen) atoms. The summed E-state index contributed by atoms with van der Waals surface area (Å²) in [6, 6.07) is 0. The van der Waals surface area contributed by atoms with Crippen LogP contribution in [0.25, 0.3) is 0 Å². The Balaban J connectivity index is 2.91. The summed E-state index contributed by atoms with van der Waals surface area (Å²) in [6.45, 7) is 2.97. The normalized spacial score (nSPS) is 11.2. The number of rotatable bonds is 19. The van der Waals surface area contributed by atoms with Crippen LogP contribution in [0.5, 0.6) is 0 Å². The summed E-state index contributed by atoms with van der Waals surface area (Å²) in [5.41, 5.74) is 0. The Bertz CT molecular complexity index is 168. The summed E-state index contributed by atoms with van der Waals surface area (Å²) in [6.07, 6.45) is 19.2.